The van der Waals surface area contributed by atoms with Gasteiger partial charge in [-0.1, -0.05) is 36.7 Å². The van der Waals surface area contributed by atoms with Gasteiger partial charge < -0.3 is 24.8 Å². The first-order chi connectivity index (χ1) is 20.5. The van der Waals surface area contributed by atoms with E-state index in [2.05, 4.69) is 28.1 Å². The molecule has 3 aromatic carbocycles. The minimum absolute atomic E-state index is 0.0977. The standard InChI is InChI=1S/C33H36ClN5O3/c1-2-20-6-3-7-21-14-23(40)15-24(27(20)21)25-16-26-28-30(29(25)34)41-18-22-17-35-10-13-39(22)31(28)37-32(36-26)42-19-33-8-4-11-38(33)12-5-9-33/h3,6-7,14-16,22,35,40H,2,4-5,8-13,17-19H2,1H3. The highest BCUT2D eigenvalue weighted by molar-refractivity contribution is 6.37. The number of aromatic nitrogens is 2. The van der Waals surface area contributed by atoms with Crippen LogP contribution < -0.4 is 19.7 Å². The van der Waals surface area contributed by atoms with Gasteiger partial charge in [-0.3, -0.25) is 4.90 Å². The van der Waals surface area contributed by atoms with Crippen molar-refractivity contribution in [2.24, 2.45) is 0 Å². The van der Waals surface area contributed by atoms with Gasteiger partial charge in [-0.05, 0) is 85.3 Å². The van der Waals surface area contributed by atoms with Gasteiger partial charge in [0, 0.05) is 25.2 Å². The fourth-order valence-electron chi connectivity index (χ4n) is 7.83. The van der Waals surface area contributed by atoms with Crippen LogP contribution in [0.2, 0.25) is 5.02 Å². The summed E-state index contributed by atoms with van der Waals surface area (Å²) in [5.74, 6) is 1.62. The number of benzene rings is 3. The number of piperazine rings is 1. The number of fused-ring (bicyclic) bond motifs is 4. The second-order valence-corrected chi connectivity index (χ2v) is 12.6. The number of rotatable bonds is 5. The zero-order valence-corrected chi connectivity index (χ0v) is 24.7. The van der Waals surface area contributed by atoms with E-state index in [1.807, 2.05) is 24.3 Å². The van der Waals surface area contributed by atoms with E-state index in [0.29, 0.717) is 30.0 Å². The number of halogens is 1. The molecule has 4 aliphatic heterocycles. The predicted molar refractivity (Wildman–Crippen MR) is 166 cm³/mol. The molecule has 1 aromatic heterocycles. The van der Waals surface area contributed by atoms with Crippen molar-refractivity contribution in [3.8, 4) is 28.6 Å². The van der Waals surface area contributed by atoms with Crippen molar-refractivity contribution in [2.45, 2.75) is 50.6 Å². The fraction of sp³-hybridized carbons (Fsp3) is 0.455. The number of nitrogens with one attached hydrogen (secondary N) is 1. The molecule has 4 aromatic rings. The van der Waals surface area contributed by atoms with Crippen LogP contribution in [0.1, 0.15) is 38.2 Å². The van der Waals surface area contributed by atoms with Gasteiger partial charge in [0.1, 0.15) is 24.8 Å². The van der Waals surface area contributed by atoms with Crippen LogP contribution in [0.3, 0.4) is 0 Å². The van der Waals surface area contributed by atoms with Crippen LogP contribution >= 0.6 is 11.6 Å². The van der Waals surface area contributed by atoms with E-state index in [0.717, 1.165) is 90.6 Å². The van der Waals surface area contributed by atoms with Gasteiger partial charge in [-0.25, -0.2) is 0 Å². The molecule has 0 aliphatic carbocycles. The zero-order chi connectivity index (χ0) is 28.4. The minimum Gasteiger partial charge on any atom is -0.508 e. The molecule has 8 rings (SSSR count). The summed E-state index contributed by atoms with van der Waals surface area (Å²) in [6, 6.07) is 12.4. The number of aromatic hydroxyl groups is 1. The molecule has 5 heterocycles. The van der Waals surface area contributed by atoms with E-state index in [4.69, 9.17) is 31.0 Å². The molecule has 0 saturated carbocycles. The van der Waals surface area contributed by atoms with Gasteiger partial charge in [-0.2, -0.15) is 9.97 Å². The van der Waals surface area contributed by atoms with E-state index >= 15 is 0 Å². The van der Waals surface area contributed by atoms with E-state index in [9.17, 15) is 5.11 Å². The number of aryl methyl sites for hydroxylation is 1. The monoisotopic (exact) mass is 585 g/mol. The Hall–Kier alpha value is -3.33. The van der Waals surface area contributed by atoms with E-state index in [1.54, 1.807) is 6.07 Å². The van der Waals surface area contributed by atoms with Gasteiger partial charge in [0.25, 0.3) is 0 Å². The molecule has 0 bridgehead atoms. The summed E-state index contributed by atoms with van der Waals surface area (Å²) in [7, 11) is 0. The van der Waals surface area contributed by atoms with Crippen molar-refractivity contribution in [3.63, 3.8) is 0 Å². The van der Waals surface area contributed by atoms with Crippen molar-refractivity contribution < 1.29 is 14.6 Å². The Bertz CT molecular complexity index is 1700. The van der Waals surface area contributed by atoms with Gasteiger partial charge >= 0.3 is 6.01 Å². The molecule has 0 radical (unpaired) electrons. The SMILES string of the molecule is CCc1cccc2cc(O)cc(-c3cc4nc(OCC56CCCN5CCC6)nc5c4c(c3Cl)OCC3CNCCN53)c12. The number of phenols is 1. The smallest absolute Gasteiger partial charge is 0.319 e. The molecular formula is C33H36ClN5O3. The lowest BCUT2D eigenvalue weighted by atomic mass is 9.92. The van der Waals surface area contributed by atoms with Crippen molar-refractivity contribution in [3.05, 3.63) is 47.0 Å². The van der Waals surface area contributed by atoms with Crippen LogP contribution in [-0.2, 0) is 6.42 Å². The molecule has 4 aliphatic rings. The molecular weight excluding hydrogens is 550 g/mol. The Morgan fingerprint density at radius 1 is 1.10 bits per heavy atom. The van der Waals surface area contributed by atoms with Crippen LogP contribution in [0, 0.1) is 0 Å². The number of hydrogen-bond acceptors (Lipinski definition) is 8. The third-order valence-electron chi connectivity index (χ3n) is 9.88. The Morgan fingerprint density at radius 2 is 1.95 bits per heavy atom. The van der Waals surface area contributed by atoms with Crippen LogP contribution in [0.15, 0.2) is 36.4 Å². The molecule has 42 heavy (non-hydrogen) atoms. The Kier molecular flexibility index (Phi) is 6.35. The molecule has 8 nitrogen and oxygen atoms in total. The Balaban J connectivity index is 1.32. The normalized spacial score (nSPS) is 21.3. The van der Waals surface area contributed by atoms with Crippen LogP contribution in [-0.4, -0.2) is 77.5 Å². The van der Waals surface area contributed by atoms with E-state index < -0.39 is 0 Å². The largest absolute Gasteiger partial charge is 0.508 e. The second-order valence-electron chi connectivity index (χ2n) is 12.2. The van der Waals surface area contributed by atoms with E-state index in [-0.39, 0.29) is 17.3 Å². The molecule has 3 fully saturated rings. The second kappa shape index (κ2) is 10.1. The third-order valence-corrected chi connectivity index (χ3v) is 10.3. The minimum atomic E-state index is 0.0977. The summed E-state index contributed by atoms with van der Waals surface area (Å²) < 4.78 is 13.0. The van der Waals surface area contributed by atoms with Gasteiger partial charge in [-0.15, -0.1) is 0 Å². The predicted octanol–water partition coefficient (Wildman–Crippen LogP) is 5.55. The highest BCUT2D eigenvalue weighted by Gasteiger charge is 2.45. The summed E-state index contributed by atoms with van der Waals surface area (Å²) in [4.78, 5) is 15.0. The average Bonchev–Trinajstić information content (AvgIpc) is 3.54. The molecule has 0 amide bonds. The van der Waals surface area contributed by atoms with E-state index in [1.165, 1.54) is 18.4 Å². The first kappa shape index (κ1) is 26.3. The first-order valence-electron chi connectivity index (χ1n) is 15.3. The lowest BCUT2D eigenvalue weighted by Crippen LogP contribution is -2.53. The molecule has 1 atom stereocenters. The van der Waals surface area contributed by atoms with Crippen molar-refractivity contribution in [1.29, 1.82) is 0 Å². The maximum atomic E-state index is 10.8. The summed E-state index contributed by atoms with van der Waals surface area (Å²) in [5.41, 5.74) is 3.68. The molecule has 218 valence electrons. The van der Waals surface area contributed by atoms with Crippen molar-refractivity contribution >= 4 is 39.1 Å². The summed E-state index contributed by atoms with van der Waals surface area (Å²) in [5, 5.41) is 17.6. The third kappa shape index (κ3) is 4.10. The number of anilines is 1. The van der Waals surface area contributed by atoms with Crippen LogP contribution in [0.5, 0.6) is 17.5 Å². The highest BCUT2D eigenvalue weighted by atomic mass is 35.5. The van der Waals surface area contributed by atoms with Gasteiger partial charge in [0.15, 0.2) is 5.75 Å². The van der Waals surface area contributed by atoms with Crippen LogP contribution in [0.4, 0.5) is 5.82 Å². The van der Waals surface area contributed by atoms with Gasteiger partial charge in [0.05, 0.1) is 27.5 Å². The average molecular weight is 586 g/mol. The fourth-order valence-corrected chi connectivity index (χ4v) is 8.13. The first-order valence-corrected chi connectivity index (χ1v) is 15.7. The lowest BCUT2D eigenvalue weighted by Gasteiger charge is -2.35. The molecule has 0 spiro atoms. The number of nitrogens with zero attached hydrogens (tertiary/aromatic N) is 4. The van der Waals surface area contributed by atoms with Crippen LogP contribution in [0.25, 0.3) is 32.8 Å². The van der Waals surface area contributed by atoms with Gasteiger partial charge in [0.2, 0.25) is 0 Å². The maximum absolute atomic E-state index is 10.8. The number of ether oxygens (including phenoxy) is 2. The summed E-state index contributed by atoms with van der Waals surface area (Å²) in [6.07, 6.45) is 5.62. The summed E-state index contributed by atoms with van der Waals surface area (Å²) >= 11 is 7.26. The van der Waals surface area contributed by atoms with Crippen molar-refractivity contribution in [2.75, 3.05) is 50.8 Å². The topological polar surface area (TPSA) is 83.0 Å². The summed E-state index contributed by atoms with van der Waals surface area (Å²) in [6.45, 7) is 8.01. The quantitative estimate of drug-likeness (QED) is 0.315. The number of hydrogen-bond donors (Lipinski definition) is 2. The van der Waals surface area contributed by atoms with Crippen molar-refractivity contribution in [1.82, 2.24) is 20.2 Å². The number of phenolic OH excluding ortho intramolecular Hbond substituents is 1. The Labute approximate surface area is 250 Å². The molecule has 3 saturated heterocycles. The Morgan fingerprint density at radius 3 is 2.79 bits per heavy atom. The highest BCUT2D eigenvalue weighted by Crippen LogP contribution is 2.49. The lowest BCUT2D eigenvalue weighted by molar-refractivity contribution is 0.108. The molecule has 1 unspecified atom stereocenters. The zero-order valence-electron chi connectivity index (χ0n) is 24.0. The maximum Gasteiger partial charge on any atom is 0.319 e. The molecule has 2 N–H and O–H groups in total. The molecule has 9 heteroatoms.